The molecule has 0 atom stereocenters. The summed E-state index contributed by atoms with van der Waals surface area (Å²) in [4.78, 5) is 15.6. The molecule has 0 aliphatic carbocycles. The minimum absolute atomic E-state index is 0.0163. The molecule has 0 unspecified atom stereocenters. The molecule has 18 heavy (non-hydrogen) atoms. The number of nitrogens with zero attached hydrogens (tertiary/aromatic N) is 1. The molecule has 1 aromatic heterocycles. The maximum absolute atomic E-state index is 13.9. The molecular formula is C12H18FN3O2. The van der Waals surface area contributed by atoms with Crippen molar-refractivity contribution in [2.45, 2.75) is 13.8 Å². The Morgan fingerprint density at radius 2 is 2.28 bits per heavy atom. The van der Waals surface area contributed by atoms with Crippen LogP contribution in [0.2, 0.25) is 0 Å². The van der Waals surface area contributed by atoms with Gasteiger partial charge in [-0.2, -0.15) is 0 Å². The molecule has 0 saturated heterocycles. The first-order valence-corrected chi connectivity index (χ1v) is 5.95. The molecular weight excluding hydrogens is 237 g/mol. The highest BCUT2D eigenvalue weighted by Gasteiger charge is 2.15. The van der Waals surface area contributed by atoms with Crippen LogP contribution in [0.15, 0.2) is 12.3 Å². The zero-order valence-corrected chi connectivity index (χ0v) is 10.6. The molecule has 1 amide bonds. The third-order valence-electron chi connectivity index (χ3n) is 2.21. The van der Waals surface area contributed by atoms with E-state index in [4.69, 9.17) is 4.74 Å². The fourth-order valence-electron chi connectivity index (χ4n) is 1.39. The van der Waals surface area contributed by atoms with Gasteiger partial charge < -0.3 is 15.4 Å². The molecule has 0 saturated carbocycles. The standard InChI is InChI=1S/C12H18FN3O2/c1-3-14-11-10(13)9(5-6-15-11)12(17)16-7-8-18-4-2/h5-6H,3-4,7-8H2,1-2H3,(H,14,15)(H,16,17). The summed E-state index contributed by atoms with van der Waals surface area (Å²) < 4.78 is 18.9. The lowest BCUT2D eigenvalue weighted by Gasteiger charge is -2.09. The summed E-state index contributed by atoms with van der Waals surface area (Å²) in [6.45, 7) is 5.59. The quantitative estimate of drug-likeness (QED) is 0.723. The predicted molar refractivity (Wildman–Crippen MR) is 67.2 cm³/mol. The lowest BCUT2D eigenvalue weighted by molar-refractivity contribution is 0.0918. The van der Waals surface area contributed by atoms with Gasteiger partial charge in [-0.3, -0.25) is 4.79 Å². The maximum atomic E-state index is 13.9. The van der Waals surface area contributed by atoms with E-state index < -0.39 is 11.7 Å². The predicted octanol–water partition coefficient (Wildman–Crippen LogP) is 1.42. The number of nitrogens with one attached hydrogen (secondary N) is 2. The van der Waals surface area contributed by atoms with Crippen LogP contribution in [0.25, 0.3) is 0 Å². The Kier molecular flexibility index (Phi) is 6.07. The van der Waals surface area contributed by atoms with Crippen molar-refractivity contribution in [1.29, 1.82) is 0 Å². The van der Waals surface area contributed by atoms with Crippen LogP contribution in [0.5, 0.6) is 0 Å². The molecule has 0 fully saturated rings. The fourth-order valence-corrected chi connectivity index (χ4v) is 1.39. The smallest absolute Gasteiger partial charge is 0.254 e. The second kappa shape index (κ2) is 7.60. The van der Waals surface area contributed by atoms with E-state index >= 15 is 0 Å². The Bertz CT molecular complexity index is 399. The van der Waals surface area contributed by atoms with Crippen LogP contribution >= 0.6 is 0 Å². The van der Waals surface area contributed by atoms with Crippen molar-refractivity contribution in [3.8, 4) is 0 Å². The Morgan fingerprint density at radius 1 is 1.50 bits per heavy atom. The van der Waals surface area contributed by atoms with E-state index in [-0.39, 0.29) is 11.4 Å². The van der Waals surface area contributed by atoms with Gasteiger partial charge >= 0.3 is 0 Å². The van der Waals surface area contributed by atoms with Gasteiger partial charge in [0.15, 0.2) is 11.6 Å². The van der Waals surface area contributed by atoms with Gasteiger partial charge in [0, 0.05) is 25.9 Å². The van der Waals surface area contributed by atoms with Crippen molar-refractivity contribution >= 4 is 11.7 Å². The van der Waals surface area contributed by atoms with Crippen molar-refractivity contribution in [3.05, 3.63) is 23.6 Å². The monoisotopic (exact) mass is 255 g/mol. The van der Waals surface area contributed by atoms with Gasteiger partial charge in [0.05, 0.1) is 12.2 Å². The van der Waals surface area contributed by atoms with Gasteiger partial charge in [0.1, 0.15) is 0 Å². The molecule has 0 aromatic carbocycles. The topological polar surface area (TPSA) is 63.2 Å². The number of aromatic nitrogens is 1. The summed E-state index contributed by atoms with van der Waals surface area (Å²) in [7, 11) is 0. The van der Waals surface area contributed by atoms with E-state index in [0.717, 1.165) is 0 Å². The van der Waals surface area contributed by atoms with Crippen LogP contribution in [-0.2, 0) is 4.74 Å². The van der Waals surface area contributed by atoms with Gasteiger partial charge in [0.2, 0.25) is 0 Å². The van der Waals surface area contributed by atoms with Crippen molar-refractivity contribution in [1.82, 2.24) is 10.3 Å². The zero-order valence-electron chi connectivity index (χ0n) is 10.6. The second-order valence-electron chi connectivity index (χ2n) is 3.50. The van der Waals surface area contributed by atoms with Crippen molar-refractivity contribution < 1.29 is 13.9 Å². The van der Waals surface area contributed by atoms with Gasteiger partial charge in [-0.25, -0.2) is 9.37 Å². The molecule has 0 spiro atoms. The third kappa shape index (κ3) is 3.96. The number of rotatable bonds is 7. The van der Waals surface area contributed by atoms with Gasteiger partial charge in [0.25, 0.3) is 5.91 Å². The van der Waals surface area contributed by atoms with Crippen molar-refractivity contribution in [2.24, 2.45) is 0 Å². The minimum Gasteiger partial charge on any atom is -0.380 e. The molecule has 1 rings (SSSR count). The molecule has 0 aliphatic rings. The maximum Gasteiger partial charge on any atom is 0.254 e. The number of anilines is 1. The van der Waals surface area contributed by atoms with Crippen LogP contribution in [0.3, 0.4) is 0 Å². The highest BCUT2D eigenvalue weighted by molar-refractivity contribution is 5.95. The van der Waals surface area contributed by atoms with Crippen molar-refractivity contribution in [2.75, 3.05) is 31.6 Å². The molecule has 0 bridgehead atoms. The van der Waals surface area contributed by atoms with E-state index in [1.165, 1.54) is 12.3 Å². The number of hydrogen-bond acceptors (Lipinski definition) is 4. The summed E-state index contributed by atoms with van der Waals surface area (Å²) in [6, 6.07) is 1.35. The van der Waals surface area contributed by atoms with Gasteiger partial charge in [-0.05, 0) is 19.9 Å². The summed E-state index contributed by atoms with van der Waals surface area (Å²) >= 11 is 0. The van der Waals surface area contributed by atoms with Crippen LogP contribution in [-0.4, -0.2) is 37.2 Å². The highest BCUT2D eigenvalue weighted by Crippen LogP contribution is 2.14. The first-order valence-electron chi connectivity index (χ1n) is 5.95. The number of ether oxygens (including phenoxy) is 1. The third-order valence-corrected chi connectivity index (χ3v) is 2.21. The number of pyridine rings is 1. The molecule has 0 aliphatic heterocycles. The lowest BCUT2D eigenvalue weighted by atomic mass is 10.2. The summed E-state index contributed by atoms with van der Waals surface area (Å²) in [5, 5.41) is 5.34. The first-order chi connectivity index (χ1) is 8.70. The Labute approximate surface area is 106 Å². The average molecular weight is 255 g/mol. The molecule has 1 aromatic rings. The molecule has 0 radical (unpaired) electrons. The largest absolute Gasteiger partial charge is 0.380 e. The number of carbonyl (C=O) groups is 1. The zero-order chi connectivity index (χ0) is 13.4. The van der Waals surface area contributed by atoms with E-state index in [1.54, 1.807) is 0 Å². The molecule has 2 N–H and O–H groups in total. The lowest BCUT2D eigenvalue weighted by Crippen LogP contribution is -2.28. The fraction of sp³-hybridized carbons (Fsp3) is 0.500. The van der Waals surface area contributed by atoms with Crippen LogP contribution in [0.4, 0.5) is 10.2 Å². The number of hydrogen-bond donors (Lipinski definition) is 2. The van der Waals surface area contributed by atoms with Gasteiger partial charge in [-0.1, -0.05) is 0 Å². The minimum atomic E-state index is -0.631. The van der Waals surface area contributed by atoms with E-state index in [1.807, 2.05) is 13.8 Å². The van der Waals surface area contributed by atoms with Crippen LogP contribution < -0.4 is 10.6 Å². The van der Waals surface area contributed by atoms with Crippen LogP contribution in [0, 0.1) is 5.82 Å². The first kappa shape index (κ1) is 14.4. The van der Waals surface area contributed by atoms with Crippen molar-refractivity contribution in [3.63, 3.8) is 0 Å². The second-order valence-corrected chi connectivity index (χ2v) is 3.50. The number of amides is 1. The Morgan fingerprint density at radius 3 is 2.94 bits per heavy atom. The van der Waals surface area contributed by atoms with E-state index in [0.29, 0.717) is 26.3 Å². The molecule has 1 heterocycles. The summed E-state index contributed by atoms with van der Waals surface area (Å²) in [5.41, 5.74) is -0.0163. The summed E-state index contributed by atoms with van der Waals surface area (Å²) in [5.74, 6) is -1.00. The average Bonchev–Trinajstić information content (AvgIpc) is 2.37. The molecule has 6 heteroatoms. The summed E-state index contributed by atoms with van der Waals surface area (Å²) in [6.07, 6.45) is 1.40. The van der Waals surface area contributed by atoms with Crippen LogP contribution in [0.1, 0.15) is 24.2 Å². The van der Waals surface area contributed by atoms with Gasteiger partial charge in [-0.15, -0.1) is 0 Å². The highest BCUT2D eigenvalue weighted by atomic mass is 19.1. The Hall–Kier alpha value is -1.69. The number of carbonyl (C=O) groups excluding carboxylic acids is 1. The normalized spacial score (nSPS) is 10.2. The Balaban J connectivity index is 2.64. The molecule has 5 nitrogen and oxygen atoms in total. The molecule has 100 valence electrons. The number of halogens is 1. The van der Waals surface area contributed by atoms with E-state index in [2.05, 4.69) is 15.6 Å². The SMILES string of the molecule is CCNc1nccc(C(=O)NCCOCC)c1F. The van der Waals surface area contributed by atoms with E-state index in [9.17, 15) is 9.18 Å².